The monoisotopic (exact) mass is 293 g/mol. The summed E-state index contributed by atoms with van der Waals surface area (Å²) in [6.45, 7) is 3.84. The first-order chi connectivity index (χ1) is 9.97. The molecule has 1 aromatic carbocycles. The van der Waals surface area contributed by atoms with E-state index in [1.807, 2.05) is 13.8 Å². The molecular formula is C13H15N3O5. The van der Waals surface area contributed by atoms with E-state index in [-0.39, 0.29) is 29.9 Å². The Kier molecular flexibility index (Phi) is 4.36. The Labute approximate surface area is 120 Å². The topological polar surface area (TPSA) is 103 Å². The van der Waals surface area contributed by atoms with Crippen molar-refractivity contribution in [3.05, 3.63) is 27.8 Å². The molecule has 21 heavy (non-hydrogen) atoms. The van der Waals surface area contributed by atoms with Crippen molar-refractivity contribution in [3.8, 4) is 11.5 Å². The Bertz CT molecular complexity index is 598. The average Bonchev–Trinajstić information content (AvgIpc) is 2.83. The second-order valence-electron chi connectivity index (χ2n) is 4.91. The number of fused-ring (bicyclic) bond motifs is 1. The Balaban J connectivity index is 2.15. The van der Waals surface area contributed by atoms with E-state index in [1.54, 1.807) is 0 Å². The molecule has 0 aromatic heterocycles. The van der Waals surface area contributed by atoms with Gasteiger partial charge in [0.25, 0.3) is 5.69 Å². The average molecular weight is 293 g/mol. The van der Waals surface area contributed by atoms with Crippen molar-refractivity contribution in [2.45, 2.75) is 20.3 Å². The van der Waals surface area contributed by atoms with Gasteiger partial charge in [0.05, 0.1) is 22.8 Å². The summed E-state index contributed by atoms with van der Waals surface area (Å²) in [5.74, 6) is 0.697. The van der Waals surface area contributed by atoms with Crippen molar-refractivity contribution in [2.24, 2.45) is 11.0 Å². The highest BCUT2D eigenvalue weighted by atomic mass is 16.7. The van der Waals surface area contributed by atoms with E-state index in [0.29, 0.717) is 17.9 Å². The standard InChI is InChI=1S/C13H15N3O5/c1-8(2)3-13(17)15-14-6-9-4-11-12(21-7-20-11)5-10(9)16(18)19/h4-6,8H,3,7H2,1-2H3,(H,15,17)/b14-6+. The summed E-state index contributed by atoms with van der Waals surface area (Å²) in [5.41, 5.74) is 2.40. The third kappa shape index (κ3) is 3.68. The van der Waals surface area contributed by atoms with Gasteiger partial charge in [0.1, 0.15) is 0 Å². The van der Waals surface area contributed by atoms with Crippen molar-refractivity contribution in [3.63, 3.8) is 0 Å². The largest absolute Gasteiger partial charge is 0.454 e. The Morgan fingerprint density at radius 2 is 2.14 bits per heavy atom. The van der Waals surface area contributed by atoms with Crippen molar-refractivity contribution in [1.82, 2.24) is 5.43 Å². The molecule has 8 nitrogen and oxygen atoms in total. The van der Waals surface area contributed by atoms with Gasteiger partial charge in [0.15, 0.2) is 11.5 Å². The van der Waals surface area contributed by atoms with E-state index in [4.69, 9.17) is 9.47 Å². The summed E-state index contributed by atoms with van der Waals surface area (Å²) in [6, 6.07) is 2.73. The maximum atomic E-state index is 11.4. The molecule has 0 atom stereocenters. The van der Waals surface area contributed by atoms with Crippen LogP contribution in [0.5, 0.6) is 11.5 Å². The molecule has 1 N–H and O–H groups in total. The zero-order valence-electron chi connectivity index (χ0n) is 11.7. The number of ether oxygens (including phenoxy) is 2. The molecule has 0 fully saturated rings. The van der Waals surface area contributed by atoms with Crippen LogP contribution in [0.1, 0.15) is 25.8 Å². The van der Waals surface area contributed by atoms with Gasteiger partial charge in [-0.05, 0) is 12.0 Å². The molecule has 1 heterocycles. The van der Waals surface area contributed by atoms with Crippen LogP contribution in [0, 0.1) is 16.0 Å². The van der Waals surface area contributed by atoms with Gasteiger partial charge >= 0.3 is 0 Å². The molecular weight excluding hydrogens is 278 g/mol. The van der Waals surface area contributed by atoms with Gasteiger partial charge in [0.2, 0.25) is 12.7 Å². The summed E-state index contributed by atoms with van der Waals surface area (Å²) < 4.78 is 10.2. The van der Waals surface area contributed by atoms with Gasteiger partial charge in [-0.2, -0.15) is 5.10 Å². The van der Waals surface area contributed by atoms with Crippen LogP contribution in [0.3, 0.4) is 0 Å². The molecule has 0 radical (unpaired) electrons. The highest BCUT2D eigenvalue weighted by Crippen LogP contribution is 2.37. The lowest BCUT2D eigenvalue weighted by atomic mass is 10.1. The first kappa shape index (κ1) is 14.8. The second-order valence-corrected chi connectivity index (χ2v) is 4.91. The molecule has 1 aliphatic heterocycles. The number of rotatable bonds is 5. The van der Waals surface area contributed by atoms with Gasteiger partial charge in [0, 0.05) is 6.42 Å². The quantitative estimate of drug-likeness (QED) is 0.506. The predicted molar refractivity (Wildman–Crippen MR) is 74.4 cm³/mol. The molecule has 112 valence electrons. The summed E-state index contributed by atoms with van der Waals surface area (Å²) in [4.78, 5) is 21.9. The summed E-state index contributed by atoms with van der Waals surface area (Å²) >= 11 is 0. The normalized spacial score (nSPS) is 12.9. The number of nitrogens with one attached hydrogen (secondary N) is 1. The molecule has 0 spiro atoms. The summed E-state index contributed by atoms with van der Waals surface area (Å²) in [7, 11) is 0. The second kappa shape index (κ2) is 6.21. The van der Waals surface area contributed by atoms with E-state index < -0.39 is 4.92 Å². The zero-order chi connectivity index (χ0) is 15.4. The maximum absolute atomic E-state index is 11.4. The number of benzene rings is 1. The first-order valence-corrected chi connectivity index (χ1v) is 6.37. The van der Waals surface area contributed by atoms with E-state index in [1.165, 1.54) is 18.3 Å². The van der Waals surface area contributed by atoms with E-state index in [9.17, 15) is 14.9 Å². The fraction of sp³-hybridized carbons (Fsp3) is 0.385. The molecule has 0 bridgehead atoms. The Morgan fingerprint density at radius 1 is 1.48 bits per heavy atom. The molecule has 0 saturated carbocycles. The molecule has 0 saturated heterocycles. The Hall–Kier alpha value is -2.64. The zero-order valence-corrected chi connectivity index (χ0v) is 11.7. The number of carbonyl (C=O) groups is 1. The molecule has 1 aromatic rings. The number of hydrogen-bond donors (Lipinski definition) is 1. The van der Waals surface area contributed by atoms with Gasteiger partial charge in [-0.3, -0.25) is 14.9 Å². The minimum Gasteiger partial charge on any atom is -0.454 e. The van der Waals surface area contributed by atoms with E-state index in [2.05, 4.69) is 10.5 Å². The number of hydrogen-bond acceptors (Lipinski definition) is 6. The van der Waals surface area contributed by atoms with Crippen LogP contribution in [-0.4, -0.2) is 23.8 Å². The number of hydrazone groups is 1. The van der Waals surface area contributed by atoms with Crippen LogP contribution in [-0.2, 0) is 4.79 Å². The predicted octanol–water partition coefficient (Wildman–Crippen LogP) is 1.82. The van der Waals surface area contributed by atoms with Crippen LogP contribution in [0.25, 0.3) is 0 Å². The third-order valence-electron chi connectivity index (χ3n) is 2.71. The number of nitro groups is 1. The fourth-order valence-corrected chi connectivity index (χ4v) is 1.80. The van der Waals surface area contributed by atoms with Gasteiger partial charge in [-0.1, -0.05) is 13.8 Å². The van der Waals surface area contributed by atoms with Crippen LogP contribution in [0.2, 0.25) is 0 Å². The van der Waals surface area contributed by atoms with Crippen molar-refractivity contribution in [2.75, 3.05) is 6.79 Å². The van der Waals surface area contributed by atoms with Crippen LogP contribution in [0.4, 0.5) is 5.69 Å². The van der Waals surface area contributed by atoms with Gasteiger partial charge in [-0.25, -0.2) is 5.43 Å². The molecule has 2 rings (SSSR count). The minimum absolute atomic E-state index is 0.0260. The van der Waals surface area contributed by atoms with E-state index >= 15 is 0 Å². The molecule has 0 unspecified atom stereocenters. The number of nitrogens with zero attached hydrogens (tertiary/aromatic N) is 2. The lowest BCUT2D eigenvalue weighted by Gasteiger charge is -2.03. The first-order valence-electron chi connectivity index (χ1n) is 6.37. The lowest BCUT2D eigenvalue weighted by Crippen LogP contribution is -2.19. The number of carbonyl (C=O) groups excluding carboxylic acids is 1. The van der Waals surface area contributed by atoms with Gasteiger partial charge in [-0.15, -0.1) is 0 Å². The smallest absolute Gasteiger partial charge is 0.282 e. The number of nitro benzene ring substituents is 1. The van der Waals surface area contributed by atoms with Crippen molar-refractivity contribution in [1.29, 1.82) is 0 Å². The van der Waals surface area contributed by atoms with Crippen molar-refractivity contribution < 1.29 is 19.2 Å². The highest BCUT2D eigenvalue weighted by Gasteiger charge is 2.22. The molecule has 1 amide bonds. The third-order valence-corrected chi connectivity index (χ3v) is 2.71. The molecule has 8 heteroatoms. The SMILES string of the molecule is CC(C)CC(=O)N/N=C/c1cc2c(cc1[N+](=O)[O-])OCO2. The summed E-state index contributed by atoms with van der Waals surface area (Å²) in [6.07, 6.45) is 1.55. The summed E-state index contributed by atoms with van der Waals surface area (Å²) in [5, 5.41) is 14.8. The van der Waals surface area contributed by atoms with Crippen LogP contribution in [0.15, 0.2) is 17.2 Å². The minimum atomic E-state index is -0.542. The molecule has 0 aliphatic carbocycles. The lowest BCUT2D eigenvalue weighted by molar-refractivity contribution is -0.385. The van der Waals surface area contributed by atoms with E-state index in [0.717, 1.165) is 0 Å². The van der Waals surface area contributed by atoms with Crippen LogP contribution < -0.4 is 14.9 Å². The maximum Gasteiger partial charge on any atom is 0.282 e. The van der Waals surface area contributed by atoms with Crippen molar-refractivity contribution >= 4 is 17.8 Å². The molecule has 1 aliphatic rings. The number of amides is 1. The van der Waals surface area contributed by atoms with Crippen LogP contribution >= 0.6 is 0 Å². The highest BCUT2D eigenvalue weighted by molar-refractivity contribution is 5.88. The fourth-order valence-electron chi connectivity index (χ4n) is 1.80. The van der Waals surface area contributed by atoms with Gasteiger partial charge < -0.3 is 9.47 Å². The Morgan fingerprint density at radius 3 is 2.76 bits per heavy atom.